The van der Waals surface area contributed by atoms with Crippen LogP contribution in [0, 0.1) is 11.8 Å². The third kappa shape index (κ3) is 6.82. The van der Waals surface area contributed by atoms with Crippen molar-refractivity contribution in [3.05, 3.63) is 41.3 Å². The van der Waals surface area contributed by atoms with Gasteiger partial charge in [-0.25, -0.2) is 9.78 Å². The van der Waals surface area contributed by atoms with Crippen molar-refractivity contribution in [2.45, 2.75) is 71.3 Å². The molecule has 34 heavy (non-hydrogen) atoms. The summed E-state index contributed by atoms with van der Waals surface area (Å²) >= 11 is 0. The highest BCUT2D eigenvalue weighted by atomic mass is 19.4. The van der Waals surface area contributed by atoms with Crippen molar-refractivity contribution in [3.8, 4) is 11.5 Å². The highest BCUT2D eigenvalue weighted by Gasteiger charge is 2.32. The molecule has 0 amide bonds. The molecule has 0 aliphatic heterocycles. The SMILES string of the molecule is CCc1oc(-c2cccc(C(F)(F)F)c2)nc1COC[C@@H]1CCC[C@H](COC(C)(C)C(=O)O)C1. The first-order valence-corrected chi connectivity index (χ1v) is 11.6. The minimum Gasteiger partial charge on any atom is -0.479 e. The van der Waals surface area contributed by atoms with Gasteiger partial charge in [0.15, 0.2) is 5.60 Å². The molecule has 1 heterocycles. The van der Waals surface area contributed by atoms with E-state index >= 15 is 0 Å². The van der Waals surface area contributed by atoms with Crippen LogP contribution in [0.15, 0.2) is 28.7 Å². The van der Waals surface area contributed by atoms with Crippen LogP contribution in [0.5, 0.6) is 0 Å². The van der Waals surface area contributed by atoms with Gasteiger partial charge in [0.05, 0.1) is 18.8 Å². The molecule has 9 heteroatoms. The number of aromatic nitrogens is 1. The van der Waals surface area contributed by atoms with Gasteiger partial charge in [0.2, 0.25) is 5.89 Å². The van der Waals surface area contributed by atoms with E-state index in [4.69, 9.17) is 13.9 Å². The zero-order valence-electron chi connectivity index (χ0n) is 19.8. The lowest BCUT2D eigenvalue weighted by Crippen LogP contribution is -2.37. The summed E-state index contributed by atoms with van der Waals surface area (Å²) in [5.74, 6) is 0.379. The molecule has 1 aromatic heterocycles. The fraction of sp³-hybridized carbons (Fsp3) is 0.600. The zero-order valence-corrected chi connectivity index (χ0v) is 19.8. The molecule has 0 bridgehead atoms. The summed E-state index contributed by atoms with van der Waals surface area (Å²) in [7, 11) is 0. The van der Waals surface area contributed by atoms with Crippen LogP contribution in [0.2, 0.25) is 0 Å². The number of carboxylic acids is 1. The Labute approximate surface area is 197 Å². The van der Waals surface area contributed by atoms with Gasteiger partial charge >= 0.3 is 12.1 Å². The molecule has 1 saturated carbocycles. The number of carbonyl (C=O) groups is 1. The maximum Gasteiger partial charge on any atom is 0.416 e. The molecule has 1 fully saturated rings. The number of halogens is 3. The molecular weight excluding hydrogens is 451 g/mol. The first-order chi connectivity index (χ1) is 16.0. The van der Waals surface area contributed by atoms with Crippen molar-refractivity contribution in [1.82, 2.24) is 4.98 Å². The highest BCUT2D eigenvalue weighted by molar-refractivity contribution is 5.76. The minimum absolute atomic E-state index is 0.150. The summed E-state index contributed by atoms with van der Waals surface area (Å²) in [6.07, 6.45) is 0.0505. The molecular formula is C25H32F3NO5. The number of alkyl halides is 3. The quantitative estimate of drug-likeness (QED) is 0.438. The first kappa shape index (κ1) is 26.2. The lowest BCUT2D eigenvalue weighted by Gasteiger charge is -2.31. The number of hydrogen-bond acceptors (Lipinski definition) is 5. The van der Waals surface area contributed by atoms with E-state index in [0.717, 1.165) is 37.8 Å². The molecule has 1 aliphatic rings. The molecule has 6 nitrogen and oxygen atoms in total. The molecule has 0 unspecified atom stereocenters. The maximum atomic E-state index is 13.0. The van der Waals surface area contributed by atoms with Gasteiger partial charge < -0.3 is 19.0 Å². The number of oxazole rings is 1. The van der Waals surface area contributed by atoms with Gasteiger partial charge in [-0.3, -0.25) is 0 Å². The fourth-order valence-corrected chi connectivity index (χ4v) is 4.14. The molecule has 1 aliphatic carbocycles. The third-order valence-electron chi connectivity index (χ3n) is 6.21. The summed E-state index contributed by atoms with van der Waals surface area (Å²) in [6, 6.07) is 4.93. The second-order valence-electron chi connectivity index (χ2n) is 9.36. The number of nitrogens with zero attached hydrogens (tertiary/aromatic N) is 1. The van der Waals surface area contributed by atoms with Gasteiger partial charge in [-0.05, 0) is 63.1 Å². The molecule has 188 valence electrons. The smallest absolute Gasteiger partial charge is 0.416 e. The van der Waals surface area contributed by atoms with Crippen LogP contribution in [-0.2, 0) is 33.5 Å². The third-order valence-corrected chi connectivity index (χ3v) is 6.21. The molecule has 0 radical (unpaired) electrons. The average molecular weight is 484 g/mol. The molecule has 1 N–H and O–H groups in total. The molecule has 0 spiro atoms. The predicted octanol–water partition coefficient (Wildman–Crippen LogP) is 6.13. The van der Waals surface area contributed by atoms with Gasteiger partial charge in [0.25, 0.3) is 0 Å². The van der Waals surface area contributed by atoms with Crippen LogP contribution in [0.3, 0.4) is 0 Å². The van der Waals surface area contributed by atoms with Crippen LogP contribution in [0.25, 0.3) is 11.5 Å². The fourth-order valence-electron chi connectivity index (χ4n) is 4.14. The Morgan fingerprint density at radius 2 is 1.91 bits per heavy atom. The summed E-state index contributed by atoms with van der Waals surface area (Å²) in [6.45, 7) is 6.14. The van der Waals surface area contributed by atoms with Gasteiger partial charge in [-0.1, -0.05) is 19.4 Å². The number of carboxylic acid groups (broad SMARTS) is 1. The maximum absolute atomic E-state index is 13.0. The Kier molecular flexibility index (Phi) is 8.41. The number of rotatable bonds is 10. The van der Waals surface area contributed by atoms with Crippen LogP contribution >= 0.6 is 0 Å². The molecule has 1 aromatic carbocycles. The second kappa shape index (κ2) is 10.9. The van der Waals surface area contributed by atoms with E-state index in [0.29, 0.717) is 37.0 Å². The average Bonchev–Trinajstić information content (AvgIpc) is 3.21. The van der Waals surface area contributed by atoms with E-state index in [1.54, 1.807) is 19.9 Å². The van der Waals surface area contributed by atoms with Crippen LogP contribution in [0.4, 0.5) is 13.2 Å². The van der Waals surface area contributed by atoms with Crippen molar-refractivity contribution >= 4 is 5.97 Å². The van der Waals surface area contributed by atoms with Crippen LogP contribution < -0.4 is 0 Å². The van der Waals surface area contributed by atoms with Crippen LogP contribution in [0.1, 0.15) is 63.5 Å². The van der Waals surface area contributed by atoms with E-state index in [1.165, 1.54) is 6.07 Å². The van der Waals surface area contributed by atoms with Crippen molar-refractivity contribution in [2.75, 3.05) is 13.2 Å². The monoisotopic (exact) mass is 483 g/mol. The van der Waals surface area contributed by atoms with E-state index in [-0.39, 0.29) is 24.0 Å². The highest BCUT2D eigenvalue weighted by Crippen LogP contribution is 2.33. The van der Waals surface area contributed by atoms with E-state index < -0.39 is 23.3 Å². The minimum atomic E-state index is -4.44. The Hall–Kier alpha value is -2.39. The first-order valence-electron chi connectivity index (χ1n) is 11.6. The number of ether oxygens (including phenoxy) is 2. The molecule has 2 aromatic rings. The molecule has 0 saturated heterocycles. The number of aliphatic carboxylic acids is 1. The topological polar surface area (TPSA) is 81.8 Å². The van der Waals surface area contributed by atoms with Crippen LogP contribution in [-0.4, -0.2) is 34.9 Å². The van der Waals surface area contributed by atoms with Crippen molar-refractivity contribution in [2.24, 2.45) is 11.8 Å². The summed E-state index contributed by atoms with van der Waals surface area (Å²) in [5.41, 5.74) is -1.09. The van der Waals surface area contributed by atoms with Crippen molar-refractivity contribution < 1.29 is 37.0 Å². The normalized spacial score (nSPS) is 19.4. The Bertz CT molecular complexity index is 970. The number of hydrogen-bond donors (Lipinski definition) is 1. The van der Waals surface area contributed by atoms with Crippen molar-refractivity contribution in [1.29, 1.82) is 0 Å². The predicted molar refractivity (Wildman–Crippen MR) is 119 cm³/mol. The summed E-state index contributed by atoms with van der Waals surface area (Å²) < 4.78 is 56.4. The van der Waals surface area contributed by atoms with Gasteiger partial charge in [0, 0.05) is 18.6 Å². The number of aryl methyl sites for hydroxylation is 1. The molecule has 3 rings (SSSR count). The van der Waals surface area contributed by atoms with E-state index in [9.17, 15) is 23.1 Å². The Morgan fingerprint density at radius 1 is 1.21 bits per heavy atom. The summed E-state index contributed by atoms with van der Waals surface area (Å²) in [5, 5.41) is 9.20. The zero-order chi connectivity index (χ0) is 24.9. The summed E-state index contributed by atoms with van der Waals surface area (Å²) in [4.78, 5) is 15.6. The Balaban J connectivity index is 1.56. The lowest BCUT2D eigenvalue weighted by atomic mass is 9.82. The van der Waals surface area contributed by atoms with Gasteiger partial charge in [-0.2, -0.15) is 13.2 Å². The lowest BCUT2D eigenvalue weighted by molar-refractivity contribution is -0.163. The molecule has 2 atom stereocenters. The van der Waals surface area contributed by atoms with Gasteiger partial charge in [0.1, 0.15) is 11.5 Å². The van der Waals surface area contributed by atoms with Gasteiger partial charge in [-0.15, -0.1) is 0 Å². The van der Waals surface area contributed by atoms with E-state index in [2.05, 4.69) is 4.98 Å². The number of benzene rings is 1. The largest absolute Gasteiger partial charge is 0.479 e. The van der Waals surface area contributed by atoms with Crippen molar-refractivity contribution in [3.63, 3.8) is 0 Å². The van der Waals surface area contributed by atoms with E-state index in [1.807, 2.05) is 6.92 Å². The Morgan fingerprint density at radius 3 is 2.56 bits per heavy atom. The second-order valence-corrected chi connectivity index (χ2v) is 9.36. The standard InChI is InChI=1S/C25H32F3NO5/c1-4-21-20(29-22(34-21)18-9-6-10-19(12-18)25(26,27)28)15-32-13-16-7-5-8-17(11-16)14-33-24(2,3)23(30)31/h6,9-10,12,16-17H,4-5,7-8,11,13-15H2,1-3H3,(H,30,31)/t16-,17+/m1/s1.